The van der Waals surface area contributed by atoms with Crippen molar-refractivity contribution in [2.24, 2.45) is 5.14 Å². The minimum Gasteiger partial charge on any atom is -0.367 e. The highest BCUT2D eigenvalue weighted by atomic mass is 32.2. The molecule has 2 N–H and O–H groups in total. The number of hydrogen-bond acceptors (Lipinski definition) is 7. The van der Waals surface area contributed by atoms with E-state index in [1.807, 2.05) is 16.6 Å². The van der Waals surface area contributed by atoms with E-state index in [4.69, 9.17) is 15.2 Å². The first kappa shape index (κ1) is 18.8. The molecule has 0 bridgehead atoms. The van der Waals surface area contributed by atoms with Crippen molar-refractivity contribution in [2.45, 2.75) is 36.5 Å². The normalized spacial score (nSPS) is 18.8. The number of nitrogens with zero attached hydrogens (tertiary/aromatic N) is 5. The van der Waals surface area contributed by atoms with Gasteiger partial charge in [-0.15, -0.1) is 5.10 Å². The zero-order valence-corrected chi connectivity index (χ0v) is 17.7. The van der Waals surface area contributed by atoms with Crippen LogP contribution in [0.4, 0.5) is 10.8 Å². The lowest BCUT2D eigenvalue weighted by Gasteiger charge is -2.36. The van der Waals surface area contributed by atoms with Crippen molar-refractivity contribution in [2.75, 3.05) is 36.0 Å². The maximum absolute atomic E-state index is 11.9. The summed E-state index contributed by atoms with van der Waals surface area (Å²) in [5.74, 6) is 0.592. The van der Waals surface area contributed by atoms with Crippen LogP contribution in [0.2, 0.25) is 0 Å². The van der Waals surface area contributed by atoms with Crippen LogP contribution in [0.25, 0.3) is 4.96 Å². The number of primary sulfonamides is 1. The Labute approximate surface area is 174 Å². The van der Waals surface area contributed by atoms with Gasteiger partial charge in [0.1, 0.15) is 4.90 Å². The van der Waals surface area contributed by atoms with E-state index in [1.54, 1.807) is 23.5 Å². The van der Waals surface area contributed by atoms with Gasteiger partial charge in [0.15, 0.2) is 0 Å². The van der Waals surface area contributed by atoms with E-state index in [0.717, 1.165) is 23.2 Å². The van der Waals surface area contributed by atoms with Crippen molar-refractivity contribution in [3.63, 3.8) is 0 Å². The van der Waals surface area contributed by atoms with Gasteiger partial charge in [-0.25, -0.2) is 23.1 Å². The van der Waals surface area contributed by atoms with E-state index in [9.17, 15) is 8.42 Å². The largest absolute Gasteiger partial charge is 0.367 e. The molecule has 29 heavy (non-hydrogen) atoms. The number of piperazine rings is 1. The van der Waals surface area contributed by atoms with Gasteiger partial charge in [-0.3, -0.25) is 0 Å². The highest BCUT2D eigenvalue weighted by Gasteiger charge is 2.25. The Morgan fingerprint density at radius 1 is 1.03 bits per heavy atom. The molecule has 1 saturated heterocycles. The number of nitrogens with two attached hydrogens (primary N) is 1. The number of rotatable bonds is 4. The number of benzene rings is 1. The maximum atomic E-state index is 11.9. The molecular weight excluding hydrogens is 408 g/mol. The predicted octanol–water partition coefficient (Wildman–Crippen LogP) is 2.42. The van der Waals surface area contributed by atoms with Crippen molar-refractivity contribution in [1.29, 1.82) is 0 Å². The monoisotopic (exact) mass is 432 g/mol. The third-order valence-electron chi connectivity index (χ3n) is 5.89. The zero-order chi connectivity index (χ0) is 20.0. The van der Waals surface area contributed by atoms with E-state index < -0.39 is 10.0 Å². The van der Waals surface area contributed by atoms with E-state index in [0.29, 0.717) is 24.7 Å². The highest BCUT2D eigenvalue weighted by molar-refractivity contribution is 7.89. The summed E-state index contributed by atoms with van der Waals surface area (Å²) in [6.45, 7) is 2.96. The number of para-hydroxylation sites is 1. The molecule has 1 saturated carbocycles. The Kier molecular flexibility index (Phi) is 4.72. The predicted molar refractivity (Wildman–Crippen MR) is 114 cm³/mol. The Balaban J connectivity index is 1.30. The number of fused-ring (bicyclic) bond motifs is 1. The number of aromatic nitrogens is 3. The summed E-state index contributed by atoms with van der Waals surface area (Å²) >= 11 is 1.62. The minimum atomic E-state index is -3.75. The molecular formula is C19H24N6O2S2. The van der Waals surface area contributed by atoms with Crippen LogP contribution < -0.4 is 14.9 Å². The van der Waals surface area contributed by atoms with Crippen molar-refractivity contribution < 1.29 is 8.42 Å². The lowest BCUT2D eigenvalue weighted by molar-refractivity contribution is 0.595. The van der Waals surface area contributed by atoms with Crippen molar-refractivity contribution in [3.05, 3.63) is 36.2 Å². The standard InChI is InChI=1S/C19H24N6O2S2/c20-29(26,27)17-8-4-3-7-16(17)23-9-11-24(12-10-23)19-22-25-13-15(21-18(25)28-19)14-5-1-2-6-14/h3-4,7-8,13-14H,1-2,5-6,9-12H2,(H2,20,26,27). The van der Waals surface area contributed by atoms with Crippen LogP contribution in [-0.2, 0) is 10.0 Å². The van der Waals surface area contributed by atoms with Gasteiger partial charge in [0, 0.05) is 32.1 Å². The van der Waals surface area contributed by atoms with Gasteiger partial charge in [0.25, 0.3) is 0 Å². The smallest absolute Gasteiger partial charge is 0.240 e. The SMILES string of the molecule is NS(=O)(=O)c1ccccc1N1CCN(c2nn3cc(C4CCCC4)nc3s2)CC1. The number of hydrogen-bond donors (Lipinski definition) is 1. The van der Waals surface area contributed by atoms with Gasteiger partial charge < -0.3 is 9.80 Å². The fourth-order valence-corrected chi connectivity index (χ4v) is 6.05. The van der Waals surface area contributed by atoms with Crippen LogP contribution >= 0.6 is 11.3 Å². The van der Waals surface area contributed by atoms with E-state index >= 15 is 0 Å². The van der Waals surface area contributed by atoms with Gasteiger partial charge in [-0.05, 0) is 25.0 Å². The first-order valence-electron chi connectivity index (χ1n) is 9.97. The summed E-state index contributed by atoms with van der Waals surface area (Å²) in [5.41, 5.74) is 1.85. The summed E-state index contributed by atoms with van der Waals surface area (Å²) in [4.78, 5) is 10.3. The molecule has 154 valence electrons. The first-order valence-corrected chi connectivity index (χ1v) is 12.3. The summed E-state index contributed by atoms with van der Waals surface area (Å²) < 4.78 is 25.7. The zero-order valence-electron chi connectivity index (χ0n) is 16.1. The molecule has 1 aliphatic heterocycles. The lowest BCUT2D eigenvalue weighted by Crippen LogP contribution is -2.47. The van der Waals surface area contributed by atoms with E-state index in [1.165, 1.54) is 31.4 Å². The van der Waals surface area contributed by atoms with Gasteiger partial charge in [-0.1, -0.05) is 36.3 Å². The van der Waals surface area contributed by atoms with Crippen LogP contribution in [0.1, 0.15) is 37.3 Å². The van der Waals surface area contributed by atoms with Crippen LogP contribution in [0, 0.1) is 0 Å². The van der Waals surface area contributed by atoms with E-state index in [-0.39, 0.29) is 4.90 Å². The summed E-state index contributed by atoms with van der Waals surface area (Å²) in [6.07, 6.45) is 7.16. The molecule has 3 aromatic rings. The van der Waals surface area contributed by atoms with Crippen LogP contribution in [0.3, 0.4) is 0 Å². The van der Waals surface area contributed by atoms with Gasteiger partial charge in [-0.2, -0.15) is 0 Å². The molecule has 5 rings (SSSR count). The molecule has 2 aromatic heterocycles. The second-order valence-corrected chi connectivity index (χ2v) is 10.2. The molecule has 0 amide bonds. The topological polar surface area (TPSA) is 96.8 Å². The molecule has 3 heterocycles. The average molecular weight is 433 g/mol. The van der Waals surface area contributed by atoms with Crippen LogP contribution in [0.15, 0.2) is 35.4 Å². The van der Waals surface area contributed by atoms with Crippen molar-refractivity contribution in [1.82, 2.24) is 14.6 Å². The fraction of sp³-hybridized carbons (Fsp3) is 0.474. The Morgan fingerprint density at radius 2 is 1.72 bits per heavy atom. The molecule has 1 aromatic carbocycles. The minimum absolute atomic E-state index is 0.181. The summed E-state index contributed by atoms with van der Waals surface area (Å²) in [5, 5.41) is 11.1. The molecule has 2 fully saturated rings. The van der Waals surface area contributed by atoms with Crippen LogP contribution in [0.5, 0.6) is 0 Å². The number of anilines is 2. The molecule has 2 aliphatic rings. The molecule has 0 atom stereocenters. The van der Waals surface area contributed by atoms with Gasteiger partial charge in [0.2, 0.25) is 20.1 Å². The molecule has 1 aliphatic carbocycles. The number of imidazole rings is 1. The fourth-order valence-electron chi connectivity index (χ4n) is 4.35. The van der Waals surface area contributed by atoms with Gasteiger partial charge in [0.05, 0.1) is 17.6 Å². The molecule has 0 spiro atoms. The van der Waals surface area contributed by atoms with Crippen molar-refractivity contribution in [3.8, 4) is 0 Å². The molecule has 0 unspecified atom stereocenters. The molecule has 8 nitrogen and oxygen atoms in total. The second-order valence-electron chi connectivity index (χ2n) is 7.75. The summed E-state index contributed by atoms with van der Waals surface area (Å²) in [7, 11) is -3.75. The summed E-state index contributed by atoms with van der Waals surface area (Å²) in [6, 6.07) is 6.92. The Morgan fingerprint density at radius 3 is 2.41 bits per heavy atom. The second kappa shape index (κ2) is 7.26. The van der Waals surface area contributed by atoms with E-state index in [2.05, 4.69) is 16.0 Å². The first-order chi connectivity index (χ1) is 14.0. The lowest BCUT2D eigenvalue weighted by atomic mass is 10.1. The molecule has 0 radical (unpaired) electrons. The Bertz CT molecular complexity index is 1090. The van der Waals surface area contributed by atoms with Crippen molar-refractivity contribution >= 4 is 37.1 Å². The third-order valence-corrected chi connectivity index (χ3v) is 7.83. The third kappa shape index (κ3) is 3.60. The Hall–Kier alpha value is -2.17. The van der Waals surface area contributed by atoms with Gasteiger partial charge >= 0.3 is 0 Å². The average Bonchev–Trinajstić information content (AvgIpc) is 3.43. The number of sulfonamides is 1. The maximum Gasteiger partial charge on any atom is 0.240 e. The quantitative estimate of drug-likeness (QED) is 0.680. The van der Waals surface area contributed by atoms with Crippen LogP contribution in [-0.4, -0.2) is 49.2 Å². The molecule has 10 heteroatoms. The highest BCUT2D eigenvalue weighted by Crippen LogP contribution is 2.35.